The van der Waals surface area contributed by atoms with Gasteiger partial charge in [-0.2, -0.15) is 0 Å². The maximum Gasteiger partial charge on any atom is -0.0274 e. The first-order valence-corrected chi connectivity index (χ1v) is 8.20. The van der Waals surface area contributed by atoms with Crippen molar-refractivity contribution in [3.63, 3.8) is 0 Å². The second kappa shape index (κ2) is 7.16. The van der Waals surface area contributed by atoms with E-state index in [4.69, 9.17) is 0 Å². The number of allylic oxidation sites excluding steroid dienone is 3. The first-order valence-electron chi connectivity index (χ1n) is 8.20. The second-order valence-electron chi connectivity index (χ2n) is 6.35. The van der Waals surface area contributed by atoms with E-state index in [0.29, 0.717) is 0 Å². The molecule has 0 spiro atoms. The number of unbranched alkanes of at least 4 members (excludes halogenated alkanes) is 4. The van der Waals surface area contributed by atoms with Gasteiger partial charge >= 0.3 is 0 Å². The van der Waals surface area contributed by atoms with E-state index >= 15 is 0 Å². The van der Waals surface area contributed by atoms with Crippen molar-refractivity contribution in [2.24, 2.45) is 5.92 Å². The molecular weight excluding hydrogens is 216 g/mol. The fourth-order valence-electron chi connectivity index (χ4n) is 3.73. The predicted octanol–water partition coefficient (Wildman–Crippen LogP) is 6.18. The molecule has 18 heavy (non-hydrogen) atoms. The molecule has 0 bridgehead atoms. The molecule has 0 fully saturated rings. The normalized spacial score (nSPS) is 24.3. The van der Waals surface area contributed by atoms with Gasteiger partial charge in [0.25, 0.3) is 0 Å². The van der Waals surface area contributed by atoms with Crippen LogP contribution in [0.4, 0.5) is 0 Å². The summed E-state index contributed by atoms with van der Waals surface area (Å²) in [7, 11) is 0. The average molecular weight is 246 g/mol. The lowest BCUT2D eigenvalue weighted by atomic mass is 9.74. The lowest BCUT2D eigenvalue weighted by Crippen LogP contribution is -2.14. The van der Waals surface area contributed by atoms with E-state index in [1.807, 2.05) is 0 Å². The molecule has 0 nitrogen and oxygen atoms in total. The molecule has 2 rings (SSSR count). The summed E-state index contributed by atoms with van der Waals surface area (Å²) in [5, 5.41) is 0. The Morgan fingerprint density at radius 1 is 1.06 bits per heavy atom. The van der Waals surface area contributed by atoms with E-state index in [1.54, 1.807) is 11.1 Å². The monoisotopic (exact) mass is 246 g/mol. The fourth-order valence-corrected chi connectivity index (χ4v) is 3.73. The molecule has 0 aliphatic heterocycles. The Balaban J connectivity index is 1.73. The van der Waals surface area contributed by atoms with E-state index in [0.717, 1.165) is 5.92 Å². The Hall–Kier alpha value is -0.520. The van der Waals surface area contributed by atoms with Gasteiger partial charge in [0.2, 0.25) is 0 Å². The van der Waals surface area contributed by atoms with Crippen LogP contribution in [0, 0.1) is 5.92 Å². The van der Waals surface area contributed by atoms with Gasteiger partial charge in [-0.05, 0) is 50.0 Å². The van der Waals surface area contributed by atoms with Crippen molar-refractivity contribution in [2.75, 3.05) is 0 Å². The summed E-state index contributed by atoms with van der Waals surface area (Å²) in [5.74, 6) is 0.997. The summed E-state index contributed by atoms with van der Waals surface area (Å²) in [6.07, 6.45) is 16.8. The van der Waals surface area contributed by atoms with E-state index < -0.39 is 0 Å². The molecule has 0 aromatic rings. The van der Waals surface area contributed by atoms with Crippen molar-refractivity contribution < 1.29 is 0 Å². The molecule has 1 unspecified atom stereocenters. The fraction of sp³-hybridized carbons (Fsp3) is 0.778. The Morgan fingerprint density at radius 2 is 1.89 bits per heavy atom. The van der Waals surface area contributed by atoms with Crippen LogP contribution in [-0.2, 0) is 0 Å². The largest absolute Gasteiger partial charge is 0.0956 e. The van der Waals surface area contributed by atoms with Gasteiger partial charge in [0.15, 0.2) is 0 Å². The van der Waals surface area contributed by atoms with Crippen LogP contribution in [0.1, 0.15) is 84.0 Å². The van der Waals surface area contributed by atoms with Gasteiger partial charge in [-0.15, -0.1) is 0 Å². The van der Waals surface area contributed by atoms with Gasteiger partial charge < -0.3 is 0 Å². The van der Waals surface area contributed by atoms with Crippen LogP contribution in [0.25, 0.3) is 0 Å². The third kappa shape index (κ3) is 3.73. The minimum atomic E-state index is 0.997. The van der Waals surface area contributed by atoms with Crippen molar-refractivity contribution in [3.8, 4) is 0 Å². The zero-order valence-electron chi connectivity index (χ0n) is 12.3. The van der Waals surface area contributed by atoms with Crippen LogP contribution in [0.2, 0.25) is 0 Å². The van der Waals surface area contributed by atoms with Crippen LogP contribution in [0.15, 0.2) is 23.3 Å². The van der Waals surface area contributed by atoms with Gasteiger partial charge in [-0.3, -0.25) is 0 Å². The molecule has 0 saturated carbocycles. The van der Waals surface area contributed by atoms with Crippen LogP contribution >= 0.6 is 0 Å². The van der Waals surface area contributed by atoms with Crippen molar-refractivity contribution in [1.29, 1.82) is 0 Å². The first-order chi connectivity index (χ1) is 8.81. The maximum absolute atomic E-state index is 4.26. The van der Waals surface area contributed by atoms with Crippen molar-refractivity contribution >= 4 is 0 Å². The zero-order chi connectivity index (χ0) is 12.8. The second-order valence-corrected chi connectivity index (χ2v) is 6.35. The number of hydrogen-bond donors (Lipinski definition) is 0. The summed E-state index contributed by atoms with van der Waals surface area (Å²) in [6.45, 7) is 6.56. The number of hydrogen-bond acceptors (Lipinski definition) is 0. The topological polar surface area (TPSA) is 0 Å². The quantitative estimate of drug-likeness (QED) is 0.491. The third-order valence-electron chi connectivity index (χ3n) is 4.86. The van der Waals surface area contributed by atoms with Gasteiger partial charge in [-0.1, -0.05) is 63.2 Å². The summed E-state index contributed by atoms with van der Waals surface area (Å²) in [6, 6.07) is 0. The molecule has 0 radical (unpaired) electrons. The Kier molecular flexibility index (Phi) is 5.53. The Bertz CT molecular complexity index is 308. The molecule has 0 heterocycles. The summed E-state index contributed by atoms with van der Waals surface area (Å²) < 4.78 is 0. The maximum atomic E-state index is 4.26. The summed E-state index contributed by atoms with van der Waals surface area (Å²) in [4.78, 5) is 0. The minimum Gasteiger partial charge on any atom is -0.0956 e. The van der Waals surface area contributed by atoms with Crippen molar-refractivity contribution in [2.45, 2.75) is 84.0 Å². The summed E-state index contributed by atoms with van der Waals surface area (Å²) >= 11 is 0. The van der Waals surface area contributed by atoms with Crippen LogP contribution in [0.5, 0.6) is 0 Å². The molecule has 2 aliphatic carbocycles. The smallest absolute Gasteiger partial charge is 0.0274 e. The molecule has 2 aliphatic rings. The Morgan fingerprint density at radius 3 is 2.72 bits per heavy atom. The number of rotatable bonds is 6. The zero-order valence-corrected chi connectivity index (χ0v) is 12.3. The molecule has 0 heteroatoms. The van der Waals surface area contributed by atoms with E-state index in [1.165, 1.54) is 82.6 Å². The molecule has 0 aromatic heterocycles. The first kappa shape index (κ1) is 13.9. The molecule has 102 valence electrons. The lowest BCUT2D eigenvalue weighted by molar-refractivity contribution is 0.392. The molecule has 0 saturated heterocycles. The van der Waals surface area contributed by atoms with Gasteiger partial charge in [-0.25, -0.2) is 0 Å². The SMILES string of the molecule is C=C1CCCC2=C1CCC(CCCCCCC)C2. The summed E-state index contributed by atoms with van der Waals surface area (Å²) in [5.41, 5.74) is 4.94. The van der Waals surface area contributed by atoms with E-state index in [2.05, 4.69) is 13.5 Å². The molecule has 0 aromatic carbocycles. The average Bonchev–Trinajstić information content (AvgIpc) is 2.39. The molecular formula is C18H30. The van der Waals surface area contributed by atoms with E-state index in [9.17, 15) is 0 Å². The van der Waals surface area contributed by atoms with Gasteiger partial charge in [0, 0.05) is 0 Å². The minimum absolute atomic E-state index is 0.997. The highest BCUT2D eigenvalue weighted by molar-refractivity contribution is 5.37. The van der Waals surface area contributed by atoms with Gasteiger partial charge in [0.05, 0.1) is 0 Å². The van der Waals surface area contributed by atoms with Crippen LogP contribution < -0.4 is 0 Å². The van der Waals surface area contributed by atoms with Crippen LogP contribution in [0.3, 0.4) is 0 Å². The van der Waals surface area contributed by atoms with Crippen molar-refractivity contribution in [1.82, 2.24) is 0 Å². The molecule has 0 N–H and O–H groups in total. The third-order valence-corrected chi connectivity index (χ3v) is 4.86. The predicted molar refractivity (Wildman–Crippen MR) is 80.7 cm³/mol. The van der Waals surface area contributed by atoms with E-state index in [-0.39, 0.29) is 0 Å². The molecule has 1 atom stereocenters. The van der Waals surface area contributed by atoms with Crippen molar-refractivity contribution in [3.05, 3.63) is 23.3 Å². The highest BCUT2D eigenvalue weighted by Crippen LogP contribution is 2.41. The Labute approximate surface area is 114 Å². The van der Waals surface area contributed by atoms with Gasteiger partial charge in [0.1, 0.15) is 0 Å². The molecule has 0 amide bonds. The highest BCUT2D eigenvalue weighted by atomic mass is 14.3. The van der Waals surface area contributed by atoms with Crippen LogP contribution in [-0.4, -0.2) is 0 Å². The standard InChI is InChI=1S/C18H30/c1-3-4-5-6-7-10-16-12-13-18-15(2)9-8-11-17(18)14-16/h16H,2-14H2,1H3. The highest BCUT2D eigenvalue weighted by Gasteiger charge is 2.24. The lowest BCUT2D eigenvalue weighted by Gasteiger charge is -2.31.